The minimum Gasteiger partial charge on any atom is -0.493 e. The maximum absolute atomic E-state index is 12.0. The molecule has 0 aliphatic rings. The molecular formula is C20H25NO3S. The molecule has 5 heteroatoms. The Bertz CT molecular complexity index is 731. The molecule has 2 rings (SSSR count). The van der Waals surface area contributed by atoms with Gasteiger partial charge in [0.25, 0.3) is 0 Å². The predicted octanol–water partition coefficient (Wildman–Crippen LogP) is 3.77. The van der Waals surface area contributed by atoms with E-state index in [-0.39, 0.29) is 5.91 Å². The average Bonchev–Trinajstić information content (AvgIpc) is 2.60. The SMILES string of the molecule is COc1ccc(CCNC(=O)CSc2ccc(C)cc2C)cc1OC. The van der Waals surface area contributed by atoms with Gasteiger partial charge in [-0.25, -0.2) is 0 Å². The van der Waals surface area contributed by atoms with Crippen molar-refractivity contribution >= 4 is 17.7 Å². The molecule has 0 atom stereocenters. The molecule has 0 aliphatic heterocycles. The van der Waals surface area contributed by atoms with Crippen LogP contribution in [-0.2, 0) is 11.2 Å². The van der Waals surface area contributed by atoms with Crippen LogP contribution in [0.2, 0.25) is 0 Å². The molecule has 0 radical (unpaired) electrons. The Morgan fingerprint density at radius 1 is 1.04 bits per heavy atom. The molecule has 0 aromatic heterocycles. The Labute approximate surface area is 153 Å². The number of carbonyl (C=O) groups excluding carboxylic acids is 1. The van der Waals surface area contributed by atoms with Crippen molar-refractivity contribution in [1.29, 1.82) is 0 Å². The highest BCUT2D eigenvalue weighted by molar-refractivity contribution is 8.00. The van der Waals surface area contributed by atoms with E-state index in [4.69, 9.17) is 9.47 Å². The van der Waals surface area contributed by atoms with Gasteiger partial charge in [0.1, 0.15) is 0 Å². The first-order valence-electron chi connectivity index (χ1n) is 8.21. The summed E-state index contributed by atoms with van der Waals surface area (Å²) in [6.07, 6.45) is 0.750. The van der Waals surface area contributed by atoms with Crippen LogP contribution in [0, 0.1) is 13.8 Å². The van der Waals surface area contributed by atoms with Crippen LogP contribution < -0.4 is 14.8 Å². The summed E-state index contributed by atoms with van der Waals surface area (Å²) in [4.78, 5) is 13.2. The molecule has 0 heterocycles. The fourth-order valence-corrected chi connectivity index (χ4v) is 3.38. The van der Waals surface area contributed by atoms with E-state index in [1.807, 2.05) is 18.2 Å². The van der Waals surface area contributed by atoms with E-state index >= 15 is 0 Å². The molecule has 134 valence electrons. The van der Waals surface area contributed by atoms with E-state index in [9.17, 15) is 4.79 Å². The van der Waals surface area contributed by atoms with Gasteiger partial charge in [0, 0.05) is 11.4 Å². The third-order valence-corrected chi connectivity index (χ3v) is 5.05. The van der Waals surface area contributed by atoms with Gasteiger partial charge in [-0.2, -0.15) is 0 Å². The summed E-state index contributed by atoms with van der Waals surface area (Å²) in [6, 6.07) is 12.1. The second-order valence-corrected chi connectivity index (χ2v) is 6.86. The number of benzene rings is 2. The van der Waals surface area contributed by atoms with Crippen molar-refractivity contribution in [3.63, 3.8) is 0 Å². The van der Waals surface area contributed by atoms with Gasteiger partial charge >= 0.3 is 0 Å². The Kier molecular flexibility index (Phi) is 7.19. The van der Waals surface area contributed by atoms with Gasteiger partial charge in [0.2, 0.25) is 5.91 Å². The maximum atomic E-state index is 12.0. The molecule has 1 N–H and O–H groups in total. The fourth-order valence-electron chi connectivity index (χ4n) is 2.54. The summed E-state index contributed by atoms with van der Waals surface area (Å²) in [5.41, 5.74) is 3.55. The first-order chi connectivity index (χ1) is 12.0. The zero-order chi connectivity index (χ0) is 18.2. The molecule has 0 fully saturated rings. The number of hydrogen-bond donors (Lipinski definition) is 1. The number of rotatable bonds is 8. The Morgan fingerprint density at radius 3 is 2.48 bits per heavy atom. The van der Waals surface area contributed by atoms with E-state index in [0.717, 1.165) is 16.9 Å². The molecule has 0 aliphatic carbocycles. The number of thioether (sulfide) groups is 1. The summed E-state index contributed by atoms with van der Waals surface area (Å²) in [6.45, 7) is 4.74. The fraction of sp³-hybridized carbons (Fsp3) is 0.350. The lowest BCUT2D eigenvalue weighted by Crippen LogP contribution is -2.27. The van der Waals surface area contributed by atoms with Gasteiger partial charge in [0.15, 0.2) is 11.5 Å². The molecule has 0 spiro atoms. The molecule has 2 aromatic carbocycles. The van der Waals surface area contributed by atoms with Crippen molar-refractivity contribution in [2.75, 3.05) is 26.5 Å². The highest BCUT2D eigenvalue weighted by Crippen LogP contribution is 2.27. The number of hydrogen-bond acceptors (Lipinski definition) is 4. The summed E-state index contributed by atoms with van der Waals surface area (Å²) >= 11 is 1.57. The molecule has 0 saturated carbocycles. The number of carbonyl (C=O) groups is 1. The van der Waals surface area contributed by atoms with E-state index < -0.39 is 0 Å². The first kappa shape index (κ1) is 19.2. The van der Waals surface area contributed by atoms with Crippen LogP contribution in [0.25, 0.3) is 0 Å². The topological polar surface area (TPSA) is 47.6 Å². The van der Waals surface area contributed by atoms with Crippen LogP contribution in [0.4, 0.5) is 0 Å². The van der Waals surface area contributed by atoms with Gasteiger partial charge in [-0.3, -0.25) is 4.79 Å². The molecule has 4 nitrogen and oxygen atoms in total. The molecular weight excluding hydrogens is 334 g/mol. The van der Waals surface area contributed by atoms with Gasteiger partial charge in [-0.05, 0) is 49.6 Å². The summed E-state index contributed by atoms with van der Waals surface area (Å²) in [5, 5.41) is 2.97. The lowest BCUT2D eigenvalue weighted by atomic mass is 10.1. The van der Waals surface area contributed by atoms with E-state index in [1.165, 1.54) is 11.1 Å². The minimum atomic E-state index is 0.0467. The van der Waals surface area contributed by atoms with Gasteiger partial charge in [-0.1, -0.05) is 23.8 Å². The van der Waals surface area contributed by atoms with E-state index in [2.05, 4.69) is 37.4 Å². The molecule has 0 saturated heterocycles. The second-order valence-electron chi connectivity index (χ2n) is 5.85. The first-order valence-corrected chi connectivity index (χ1v) is 9.19. The van der Waals surface area contributed by atoms with Crippen molar-refractivity contribution < 1.29 is 14.3 Å². The minimum absolute atomic E-state index is 0.0467. The Morgan fingerprint density at radius 2 is 1.80 bits per heavy atom. The standard InChI is InChI=1S/C20H25NO3S/c1-14-5-8-19(15(2)11-14)25-13-20(22)21-10-9-16-6-7-17(23-3)18(12-16)24-4/h5-8,11-12H,9-10,13H2,1-4H3,(H,21,22). The van der Waals surface area contributed by atoms with Crippen molar-refractivity contribution in [1.82, 2.24) is 5.32 Å². The quantitative estimate of drug-likeness (QED) is 0.729. The largest absolute Gasteiger partial charge is 0.493 e. The highest BCUT2D eigenvalue weighted by Gasteiger charge is 2.07. The lowest BCUT2D eigenvalue weighted by Gasteiger charge is -2.10. The zero-order valence-corrected chi connectivity index (χ0v) is 16.0. The van der Waals surface area contributed by atoms with Crippen molar-refractivity contribution in [3.8, 4) is 11.5 Å². The van der Waals surface area contributed by atoms with Crippen molar-refractivity contribution in [2.24, 2.45) is 0 Å². The molecule has 25 heavy (non-hydrogen) atoms. The third-order valence-electron chi connectivity index (χ3n) is 3.87. The van der Waals surface area contributed by atoms with E-state index in [0.29, 0.717) is 23.8 Å². The monoisotopic (exact) mass is 359 g/mol. The number of nitrogens with one attached hydrogen (secondary N) is 1. The highest BCUT2D eigenvalue weighted by atomic mass is 32.2. The Balaban J connectivity index is 1.78. The Hall–Kier alpha value is -2.14. The normalized spacial score (nSPS) is 10.4. The van der Waals surface area contributed by atoms with Crippen LogP contribution >= 0.6 is 11.8 Å². The molecule has 2 aromatic rings. The van der Waals surface area contributed by atoms with Crippen LogP contribution in [-0.4, -0.2) is 32.4 Å². The summed E-state index contributed by atoms with van der Waals surface area (Å²) < 4.78 is 10.5. The zero-order valence-electron chi connectivity index (χ0n) is 15.2. The lowest BCUT2D eigenvalue weighted by molar-refractivity contribution is -0.118. The summed E-state index contributed by atoms with van der Waals surface area (Å²) in [7, 11) is 3.23. The van der Waals surface area contributed by atoms with Crippen LogP contribution in [0.15, 0.2) is 41.3 Å². The van der Waals surface area contributed by atoms with Gasteiger partial charge < -0.3 is 14.8 Å². The maximum Gasteiger partial charge on any atom is 0.230 e. The second kappa shape index (κ2) is 9.37. The average molecular weight is 359 g/mol. The number of aryl methyl sites for hydroxylation is 2. The van der Waals surface area contributed by atoms with Crippen LogP contribution in [0.3, 0.4) is 0 Å². The van der Waals surface area contributed by atoms with E-state index in [1.54, 1.807) is 26.0 Å². The molecule has 1 amide bonds. The number of ether oxygens (including phenoxy) is 2. The van der Waals surface area contributed by atoms with Crippen LogP contribution in [0.5, 0.6) is 11.5 Å². The van der Waals surface area contributed by atoms with Gasteiger partial charge in [0.05, 0.1) is 20.0 Å². The third kappa shape index (κ3) is 5.71. The molecule has 0 unspecified atom stereocenters. The molecule has 0 bridgehead atoms. The number of methoxy groups -OCH3 is 2. The summed E-state index contributed by atoms with van der Waals surface area (Å²) in [5.74, 6) is 1.89. The van der Waals surface area contributed by atoms with Gasteiger partial charge in [-0.15, -0.1) is 11.8 Å². The smallest absolute Gasteiger partial charge is 0.230 e. The van der Waals surface area contributed by atoms with Crippen LogP contribution in [0.1, 0.15) is 16.7 Å². The predicted molar refractivity (Wildman–Crippen MR) is 103 cm³/mol. The van der Waals surface area contributed by atoms with Crippen molar-refractivity contribution in [3.05, 3.63) is 53.1 Å². The van der Waals surface area contributed by atoms with Crippen molar-refractivity contribution in [2.45, 2.75) is 25.2 Å². The number of amides is 1.